The molecule has 1 N–H and O–H groups in total. The van der Waals surface area contributed by atoms with E-state index in [4.69, 9.17) is 4.84 Å². The Morgan fingerprint density at radius 1 is 1.40 bits per heavy atom. The van der Waals surface area contributed by atoms with Gasteiger partial charge in [-0.25, -0.2) is 5.06 Å². The van der Waals surface area contributed by atoms with Crippen LogP contribution >= 0.6 is 39.5 Å². The van der Waals surface area contributed by atoms with E-state index in [1.54, 1.807) is 11.8 Å². The molecule has 1 rings (SSSR count). The van der Waals surface area contributed by atoms with Crippen molar-refractivity contribution in [2.24, 2.45) is 0 Å². The Labute approximate surface area is 141 Å². The zero-order valence-corrected chi connectivity index (χ0v) is 17.6. The summed E-state index contributed by atoms with van der Waals surface area (Å²) in [4.78, 5) is 5.93. The highest BCUT2D eigenvalue weighted by molar-refractivity contribution is 9.11. The lowest BCUT2D eigenvalue weighted by atomic mass is 10.6. The Morgan fingerprint density at radius 3 is 2.55 bits per heavy atom. The molecule has 0 spiro atoms. The Balaban J connectivity index is 2.72. The van der Waals surface area contributed by atoms with Crippen molar-refractivity contribution in [3.8, 4) is 0 Å². The number of hydrogen-bond acceptors (Lipinski definition) is 5. The van der Waals surface area contributed by atoms with Crippen LogP contribution in [-0.4, -0.2) is 36.7 Å². The molecular weight excluding hydrogens is 372 g/mol. The van der Waals surface area contributed by atoms with E-state index in [-0.39, 0.29) is 4.99 Å². The minimum Gasteiger partial charge on any atom is -0.345 e. The average molecular weight is 399 g/mol. The number of nitrogens with one attached hydrogen (secondary N) is 1. The highest BCUT2D eigenvalue weighted by Crippen LogP contribution is 2.42. The van der Waals surface area contributed by atoms with Crippen LogP contribution in [0.1, 0.15) is 20.3 Å². The quantitative estimate of drug-likeness (QED) is 0.464. The zero-order valence-electron chi connectivity index (χ0n) is 13.4. The molecule has 0 aromatic heterocycles. The van der Waals surface area contributed by atoms with Gasteiger partial charge in [-0.3, -0.25) is 4.84 Å². The van der Waals surface area contributed by atoms with E-state index in [1.165, 1.54) is 6.04 Å². The lowest BCUT2D eigenvalue weighted by molar-refractivity contribution is -0.150. The molecule has 0 saturated carbocycles. The second kappa shape index (κ2) is 7.81. The molecule has 1 heterocycles. The summed E-state index contributed by atoms with van der Waals surface area (Å²) in [5.74, 6) is 1.11. The van der Waals surface area contributed by atoms with Crippen LogP contribution in [-0.2, 0) is 4.84 Å². The summed E-state index contributed by atoms with van der Waals surface area (Å²) in [6.45, 7) is 12.3. The van der Waals surface area contributed by atoms with Crippen molar-refractivity contribution in [3.63, 3.8) is 0 Å². The summed E-state index contributed by atoms with van der Waals surface area (Å²) >= 11 is 7.23. The average Bonchev–Trinajstić information content (AvgIpc) is 2.57. The highest BCUT2D eigenvalue weighted by Gasteiger charge is 2.42. The van der Waals surface area contributed by atoms with Gasteiger partial charge < -0.3 is 5.32 Å². The normalized spacial score (nSPS) is 23.4. The number of thioether (sulfide) groups is 2. The Morgan fingerprint density at radius 2 is 2.05 bits per heavy atom. The van der Waals surface area contributed by atoms with Crippen LogP contribution in [0.25, 0.3) is 0 Å². The predicted octanol–water partition coefficient (Wildman–Crippen LogP) is 4.86. The number of hydrogen-bond donors (Lipinski definition) is 1. The van der Waals surface area contributed by atoms with Gasteiger partial charge in [0.05, 0.1) is 6.61 Å². The Bertz CT molecular complexity index is 363. The molecule has 0 saturated heterocycles. The summed E-state index contributed by atoms with van der Waals surface area (Å²) in [6, 6.07) is 1.18. The van der Waals surface area contributed by atoms with E-state index >= 15 is 0 Å². The predicted molar refractivity (Wildman–Crippen MR) is 99.7 cm³/mol. The van der Waals surface area contributed by atoms with Crippen LogP contribution in [0.5, 0.6) is 0 Å². The fourth-order valence-electron chi connectivity index (χ4n) is 1.78. The van der Waals surface area contributed by atoms with Crippen LogP contribution in [0.15, 0.2) is 9.64 Å². The third-order valence-electron chi connectivity index (χ3n) is 2.95. The topological polar surface area (TPSA) is 24.5 Å². The molecule has 1 aliphatic heterocycles. The van der Waals surface area contributed by atoms with Gasteiger partial charge in [-0.2, -0.15) is 0 Å². The fraction of sp³-hybridized carbons (Fsp3) is 0.846. The molecule has 1 atom stereocenters. The van der Waals surface area contributed by atoms with Crippen molar-refractivity contribution in [1.29, 1.82) is 0 Å². The van der Waals surface area contributed by atoms with Gasteiger partial charge in [-0.1, -0.05) is 26.6 Å². The molecule has 0 aromatic rings. The van der Waals surface area contributed by atoms with Crippen molar-refractivity contribution in [3.05, 3.63) is 9.64 Å². The van der Waals surface area contributed by atoms with Gasteiger partial charge in [0.1, 0.15) is 9.64 Å². The third kappa shape index (κ3) is 5.16. The van der Waals surface area contributed by atoms with E-state index in [0.717, 1.165) is 28.4 Å². The molecule has 0 aliphatic carbocycles. The first kappa shape index (κ1) is 18.7. The molecule has 118 valence electrons. The summed E-state index contributed by atoms with van der Waals surface area (Å²) in [5.41, 5.74) is 0. The molecule has 0 amide bonds. The van der Waals surface area contributed by atoms with Crippen LogP contribution in [0.3, 0.4) is 0 Å². The second-order valence-corrected chi connectivity index (χ2v) is 14.9. The smallest absolute Gasteiger partial charge is 0.181 e. The first-order valence-corrected chi connectivity index (χ1v) is 13.7. The SMILES string of the molecule is CCCSC1(C)NC(Br)=C(SC)N1OCC[Si](C)(C)C. The highest BCUT2D eigenvalue weighted by atomic mass is 79.9. The molecule has 7 heteroatoms. The van der Waals surface area contributed by atoms with Gasteiger partial charge in [-0.15, -0.1) is 23.5 Å². The number of halogens is 1. The summed E-state index contributed by atoms with van der Waals surface area (Å²) in [7, 11) is -1.06. The molecule has 3 nitrogen and oxygen atoms in total. The third-order valence-corrected chi connectivity index (χ3v) is 7.69. The minimum absolute atomic E-state index is 0.216. The van der Waals surface area contributed by atoms with Crippen molar-refractivity contribution in [1.82, 2.24) is 10.4 Å². The van der Waals surface area contributed by atoms with Crippen molar-refractivity contribution in [2.75, 3.05) is 18.6 Å². The van der Waals surface area contributed by atoms with E-state index in [2.05, 4.69) is 66.1 Å². The summed E-state index contributed by atoms with van der Waals surface area (Å²) < 4.78 is 1.03. The number of nitrogens with zero attached hydrogens (tertiary/aromatic N) is 1. The van der Waals surface area contributed by atoms with Crippen molar-refractivity contribution in [2.45, 2.75) is 50.9 Å². The molecule has 1 aliphatic rings. The first-order valence-electron chi connectivity index (χ1n) is 7.02. The van der Waals surface area contributed by atoms with Gasteiger partial charge in [0.2, 0.25) is 0 Å². The van der Waals surface area contributed by atoms with Crippen molar-refractivity contribution < 1.29 is 4.84 Å². The van der Waals surface area contributed by atoms with Crippen LogP contribution < -0.4 is 5.32 Å². The molecule has 1 unspecified atom stereocenters. The molecule has 0 bridgehead atoms. The standard InChI is InChI=1S/C13H27BrN2OS2Si/c1-7-9-19-13(2)15-11(14)12(18-3)16(13)17-8-10-20(4,5)6/h15H,7-10H2,1-6H3. The van der Waals surface area contributed by atoms with Gasteiger partial charge in [-0.05, 0) is 47.3 Å². The molecule has 0 radical (unpaired) electrons. The number of rotatable bonds is 8. The summed E-state index contributed by atoms with van der Waals surface area (Å²) in [6.07, 6.45) is 3.25. The minimum atomic E-state index is -1.06. The van der Waals surface area contributed by atoms with Gasteiger partial charge >= 0.3 is 0 Å². The maximum absolute atomic E-state index is 6.14. The van der Waals surface area contributed by atoms with Gasteiger partial charge in [0.25, 0.3) is 0 Å². The van der Waals surface area contributed by atoms with Gasteiger partial charge in [0.15, 0.2) is 4.99 Å². The van der Waals surface area contributed by atoms with E-state index in [1.807, 2.05) is 11.8 Å². The van der Waals surface area contributed by atoms with Crippen molar-refractivity contribution >= 4 is 47.5 Å². The Kier molecular flexibility index (Phi) is 7.32. The van der Waals surface area contributed by atoms with E-state index < -0.39 is 8.07 Å². The molecule has 20 heavy (non-hydrogen) atoms. The van der Waals surface area contributed by atoms with E-state index in [9.17, 15) is 0 Å². The Hall–Kier alpha value is 0.697. The molecule has 0 fully saturated rings. The lowest BCUT2D eigenvalue weighted by Crippen LogP contribution is -2.47. The second-order valence-electron chi connectivity index (χ2n) is 6.22. The maximum atomic E-state index is 6.14. The molecular formula is C13H27BrN2OS2Si. The molecule has 0 aromatic carbocycles. The van der Waals surface area contributed by atoms with Crippen LogP contribution in [0.2, 0.25) is 25.7 Å². The zero-order chi connectivity index (χ0) is 15.4. The lowest BCUT2D eigenvalue weighted by Gasteiger charge is -2.36. The summed E-state index contributed by atoms with van der Waals surface area (Å²) in [5, 5.41) is 6.70. The van der Waals surface area contributed by atoms with Gasteiger partial charge in [0, 0.05) is 8.07 Å². The van der Waals surface area contributed by atoms with Crippen LogP contribution in [0.4, 0.5) is 0 Å². The monoisotopic (exact) mass is 398 g/mol. The van der Waals surface area contributed by atoms with E-state index in [0.29, 0.717) is 0 Å². The first-order chi connectivity index (χ1) is 9.23. The number of hydroxylamine groups is 2. The largest absolute Gasteiger partial charge is 0.345 e. The van der Waals surface area contributed by atoms with Crippen LogP contribution in [0, 0.1) is 0 Å². The maximum Gasteiger partial charge on any atom is 0.181 e. The fourth-order valence-corrected chi connectivity index (χ4v) is 5.38.